The number of rotatable bonds is 4. The van der Waals surface area contributed by atoms with Crippen LogP contribution in [0.15, 0.2) is 34.3 Å². The predicted molar refractivity (Wildman–Crippen MR) is 90.7 cm³/mol. The third-order valence-electron chi connectivity index (χ3n) is 3.78. The Balaban J connectivity index is 2.01. The summed E-state index contributed by atoms with van der Waals surface area (Å²) in [6, 6.07) is 5.40. The van der Waals surface area contributed by atoms with E-state index in [1.807, 2.05) is 6.07 Å². The Labute approximate surface area is 138 Å². The number of hydrogen-bond donors (Lipinski definition) is 1. The van der Waals surface area contributed by atoms with Gasteiger partial charge in [-0.05, 0) is 31.9 Å². The number of carbonyl (C=O) groups is 1. The summed E-state index contributed by atoms with van der Waals surface area (Å²) in [7, 11) is 0. The fourth-order valence-electron chi connectivity index (χ4n) is 2.69. The Morgan fingerprint density at radius 3 is 2.96 bits per heavy atom. The van der Waals surface area contributed by atoms with E-state index >= 15 is 0 Å². The van der Waals surface area contributed by atoms with Crippen molar-refractivity contribution in [3.05, 3.63) is 40.3 Å². The molecule has 3 rings (SSSR count). The van der Waals surface area contributed by atoms with Crippen LogP contribution in [0.25, 0.3) is 5.65 Å². The van der Waals surface area contributed by atoms with E-state index < -0.39 is 6.09 Å². The van der Waals surface area contributed by atoms with Gasteiger partial charge in [0.25, 0.3) is 5.56 Å². The summed E-state index contributed by atoms with van der Waals surface area (Å²) >= 11 is 0. The molecule has 8 heteroatoms. The lowest BCUT2D eigenvalue weighted by Gasteiger charge is -2.18. The molecule has 0 atom stereocenters. The van der Waals surface area contributed by atoms with Gasteiger partial charge in [0.15, 0.2) is 0 Å². The Morgan fingerprint density at radius 1 is 1.42 bits per heavy atom. The van der Waals surface area contributed by atoms with E-state index in [1.165, 1.54) is 10.6 Å². The van der Waals surface area contributed by atoms with Gasteiger partial charge in [-0.15, -0.1) is 0 Å². The van der Waals surface area contributed by atoms with Gasteiger partial charge in [0.1, 0.15) is 17.0 Å². The second-order valence-corrected chi connectivity index (χ2v) is 5.37. The lowest BCUT2D eigenvalue weighted by molar-refractivity contribution is 0.152. The highest BCUT2D eigenvalue weighted by Crippen LogP contribution is 2.20. The molecule has 24 heavy (non-hydrogen) atoms. The minimum Gasteiger partial charge on any atom is -0.449 e. The van der Waals surface area contributed by atoms with E-state index in [4.69, 9.17) is 4.74 Å². The number of carbonyl (C=O) groups excluding carboxylic acids is 1. The standard InChI is InChI=1S/C16H19N5O3/c1-2-24-16(23)19-17-11-12-14(20-8-5-6-9-20)18-13-7-3-4-10-21(13)15(12)22/h3-4,7,10-11H,2,5-6,8-9H2,1H3,(H,19,23)/b17-11+. The summed E-state index contributed by atoms with van der Waals surface area (Å²) < 4.78 is 6.20. The van der Waals surface area contributed by atoms with E-state index in [0.717, 1.165) is 25.9 Å². The normalized spacial score (nSPS) is 14.5. The molecule has 2 aromatic heterocycles. The molecule has 1 aliphatic rings. The Hall–Kier alpha value is -2.90. The molecule has 0 bridgehead atoms. The minimum absolute atomic E-state index is 0.225. The van der Waals surface area contributed by atoms with Crippen molar-refractivity contribution in [3.63, 3.8) is 0 Å². The molecule has 1 aliphatic heterocycles. The van der Waals surface area contributed by atoms with E-state index in [2.05, 4.69) is 20.4 Å². The number of anilines is 1. The highest BCUT2D eigenvalue weighted by Gasteiger charge is 2.20. The molecule has 0 aliphatic carbocycles. The van der Waals surface area contributed by atoms with E-state index in [-0.39, 0.29) is 12.2 Å². The van der Waals surface area contributed by atoms with Crippen LogP contribution >= 0.6 is 0 Å². The third kappa shape index (κ3) is 3.22. The van der Waals surface area contributed by atoms with Gasteiger partial charge in [-0.2, -0.15) is 5.10 Å². The SMILES string of the molecule is CCOC(=O)N/N=C/c1c(N2CCCC2)nc2ccccn2c1=O. The van der Waals surface area contributed by atoms with Crippen LogP contribution in [0.5, 0.6) is 0 Å². The van der Waals surface area contributed by atoms with Crippen molar-refractivity contribution in [1.29, 1.82) is 0 Å². The first-order valence-corrected chi connectivity index (χ1v) is 7.93. The fourth-order valence-corrected chi connectivity index (χ4v) is 2.69. The van der Waals surface area contributed by atoms with Gasteiger partial charge in [0.2, 0.25) is 0 Å². The Morgan fingerprint density at radius 2 is 2.21 bits per heavy atom. The first-order chi connectivity index (χ1) is 11.7. The molecule has 0 unspecified atom stereocenters. The summed E-state index contributed by atoms with van der Waals surface area (Å²) in [6.45, 7) is 3.65. The maximum absolute atomic E-state index is 12.8. The molecule has 3 heterocycles. The maximum Gasteiger partial charge on any atom is 0.427 e. The van der Waals surface area contributed by atoms with Crippen LogP contribution in [-0.2, 0) is 4.74 Å². The minimum atomic E-state index is -0.662. The number of hydrazone groups is 1. The average Bonchev–Trinajstić information content (AvgIpc) is 3.11. The molecule has 0 aromatic carbocycles. The number of aromatic nitrogens is 2. The van der Waals surface area contributed by atoms with Gasteiger partial charge < -0.3 is 9.64 Å². The highest BCUT2D eigenvalue weighted by molar-refractivity contribution is 5.87. The number of hydrogen-bond acceptors (Lipinski definition) is 6. The molecule has 1 amide bonds. The summed E-state index contributed by atoms with van der Waals surface area (Å²) in [5.74, 6) is 0.595. The first kappa shape index (κ1) is 16.0. The van der Waals surface area contributed by atoms with Crippen LogP contribution < -0.4 is 15.9 Å². The molecule has 1 fully saturated rings. The number of pyridine rings is 1. The molecule has 1 saturated heterocycles. The quantitative estimate of drug-likeness (QED) is 0.676. The summed E-state index contributed by atoms with van der Waals surface area (Å²) in [6.07, 6.45) is 4.46. The summed E-state index contributed by atoms with van der Waals surface area (Å²) in [5.41, 5.74) is 2.94. The van der Waals surface area contributed by atoms with Crippen molar-refractivity contribution in [3.8, 4) is 0 Å². The van der Waals surface area contributed by atoms with E-state index in [1.54, 1.807) is 25.3 Å². The van der Waals surface area contributed by atoms with Crippen molar-refractivity contribution in [1.82, 2.24) is 14.8 Å². The van der Waals surface area contributed by atoms with Gasteiger partial charge in [-0.1, -0.05) is 6.07 Å². The van der Waals surface area contributed by atoms with Gasteiger partial charge in [0, 0.05) is 19.3 Å². The maximum atomic E-state index is 12.8. The summed E-state index contributed by atoms with van der Waals surface area (Å²) in [4.78, 5) is 30.8. The molecule has 0 saturated carbocycles. The average molecular weight is 329 g/mol. The smallest absolute Gasteiger partial charge is 0.427 e. The van der Waals surface area contributed by atoms with Crippen molar-refractivity contribution >= 4 is 23.8 Å². The second-order valence-electron chi connectivity index (χ2n) is 5.37. The van der Waals surface area contributed by atoms with Gasteiger partial charge in [-0.25, -0.2) is 15.2 Å². The van der Waals surface area contributed by atoms with Crippen LogP contribution in [0.2, 0.25) is 0 Å². The number of ether oxygens (including phenoxy) is 1. The lowest BCUT2D eigenvalue weighted by Crippen LogP contribution is -2.29. The number of nitrogens with one attached hydrogen (secondary N) is 1. The van der Waals surface area contributed by atoms with Crippen LogP contribution in [0, 0.1) is 0 Å². The number of fused-ring (bicyclic) bond motifs is 1. The van der Waals surface area contributed by atoms with Gasteiger partial charge >= 0.3 is 6.09 Å². The molecule has 2 aromatic rings. The zero-order valence-electron chi connectivity index (χ0n) is 13.4. The zero-order chi connectivity index (χ0) is 16.9. The lowest BCUT2D eigenvalue weighted by atomic mass is 10.3. The molecule has 1 N–H and O–H groups in total. The molecular formula is C16H19N5O3. The monoisotopic (exact) mass is 329 g/mol. The van der Waals surface area contributed by atoms with Crippen molar-refractivity contribution in [2.24, 2.45) is 5.10 Å². The molecule has 126 valence electrons. The number of amides is 1. The van der Waals surface area contributed by atoms with Gasteiger partial charge in [-0.3, -0.25) is 9.20 Å². The molecule has 0 radical (unpaired) electrons. The van der Waals surface area contributed by atoms with Crippen LogP contribution in [-0.4, -0.2) is 41.4 Å². The van der Waals surface area contributed by atoms with Crippen molar-refractivity contribution < 1.29 is 9.53 Å². The van der Waals surface area contributed by atoms with E-state index in [9.17, 15) is 9.59 Å². The Bertz CT molecular complexity index is 824. The molecular weight excluding hydrogens is 310 g/mol. The Kier molecular flexibility index (Phi) is 4.74. The third-order valence-corrected chi connectivity index (χ3v) is 3.78. The highest BCUT2D eigenvalue weighted by atomic mass is 16.5. The fraction of sp³-hybridized carbons (Fsp3) is 0.375. The first-order valence-electron chi connectivity index (χ1n) is 7.93. The van der Waals surface area contributed by atoms with Crippen LogP contribution in [0.4, 0.5) is 10.6 Å². The van der Waals surface area contributed by atoms with Crippen molar-refractivity contribution in [2.45, 2.75) is 19.8 Å². The van der Waals surface area contributed by atoms with Gasteiger partial charge in [0.05, 0.1) is 12.8 Å². The largest absolute Gasteiger partial charge is 0.449 e. The second kappa shape index (κ2) is 7.12. The van der Waals surface area contributed by atoms with E-state index in [0.29, 0.717) is 17.0 Å². The number of nitrogens with zero attached hydrogens (tertiary/aromatic N) is 4. The summed E-state index contributed by atoms with van der Waals surface area (Å²) in [5, 5.41) is 3.83. The van der Waals surface area contributed by atoms with Crippen molar-refractivity contribution in [2.75, 3.05) is 24.6 Å². The zero-order valence-corrected chi connectivity index (χ0v) is 13.4. The van der Waals surface area contributed by atoms with Crippen LogP contribution in [0.3, 0.4) is 0 Å². The molecule has 8 nitrogen and oxygen atoms in total. The predicted octanol–water partition coefficient (Wildman–Crippen LogP) is 1.37. The van der Waals surface area contributed by atoms with Crippen LogP contribution in [0.1, 0.15) is 25.3 Å². The molecule has 0 spiro atoms. The topological polar surface area (TPSA) is 88.3 Å².